The molecule has 1 aromatic carbocycles. The van der Waals surface area contributed by atoms with Gasteiger partial charge in [-0.05, 0) is 36.6 Å². The van der Waals surface area contributed by atoms with Crippen molar-refractivity contribution in [2.75, 3.05) is 13.1 Å². The lowest BCUT2D eigenvalue weighted by Gasteiger charge is -2.07. The van der Waals surface area contributed by atoms with Gasteiger partial charge < -0.3 is 10.6 Å². The molecule has 2 rings (SSSR count). The Labute approximate surface area is 117 Å². The number of hydrogen-bond donors (Lipinski definition) is 2. The Morgan fingerprint density at radius 1 is 1.21 bits per heavy atom. The number of carbonyl (C=O) groups is 2. The second kappa shape index (κ2) is 6.06. The Bertz CT molecular complexity index is 473. The Morgan fingerprint density at radius 2 is 1.79 bits per heavy atom. The van der Waals surface area contributed by atoms with Crippen molar-refractivity contribution in [2.24, 2.45) is 11.8 Å². The van der Waals surface area contributed by atoms with Crippen molar-refractivity contribution in [2.45, 2.75) is 13.3 Å². The molecule has 2 atom stereocenters. The van der Waals surface area contributed by atoms with E-state index in [1.165, 1.54) is 0 Å². The van der Waals surface area contributed by atoms with Crippen LogP contribution < -0.4 is 10.6 Å². The normalized spacial score (nSPS) is 20.7. The summed E-state index contributed by atoms with van der Waals surface area (Å²) >= 11 is 5.75. The molecule has 1 saturated carbocycles. The summed E-state index contributed by atoms with van der Waals surface area (Å²) in [5.41, 5.74) is 0.562. The summed E-state index contributed by atoms with van der Waals surface area (Å²) < 4.78 is 0. The summed E-state index contributed by atoms with van der Waals surface area (Å²) in [5.74, 6) is 0.606. The average Bonchev–Trinajstić information content (AvgIpc) is 3.12. The van der Waals surface area contributed by atoms with Gasteiger partial charge in [0.1, 0.15) is 0 Å². The fourth-order valence-corrected chi connectivity index (χ4v) is 2.01. The first-order chi connectivity index (χ1) is 9.08. The molecule has 2 amide bonds. The lowest BCUT2D eigenvalue weighted by Crippen LogP contribution is -2.35. The lowest BCUT2D eigenvalue weighted by molar-refractivity contribution is -0.122. The van der Waals surface area contributed by atoms with Gasteiger partial charge in [0.05, 0.1) is 0 Å². The lowest BCUT2D eigenvalue weighted by atomic mass is 10.2. The molecule has 5 heteroatoms. The molecule has 0 unspecified atom stereocenters. The van der Waals surface area contributed by atoms with Crippen LogP contribution in [0, 0.1) is 11.8 Å². The van der Waals surface area contributed by atoms with Gasteiger partial charge in [0.25, 0.3) is 5.91 Å². The third-order valence-corrected chi connectivity index (χ3v) is 3.51. The topological polar surface area (TPSA) is 58.2 Å². The smallest absolute Gasteiger partial charge is 0.251 e. The molecule has 4 nitrogen and oxygen atoms in total. The van der Waals surface area contributed by atoms with Crippen LogP contribution in [0.25, 0.3) is 0 Å². The minimum absolute atomic E-state index is 0.0910. The Balaban J connectivity index is 1.66. The third kappa shape index (κ3) is 3.96. The molecule has 0 radical (unpaired) electrons. The van der Waals surface area contributed by atoms with Crippen LogP contribution in [-0.4, -0.2) is 24.9 Å². The molecule has 1 aromatic rings. The van der Waals surface area contributed by atoms with Gasteiger partial charge in [-0.2, -0.15) is 0 Å². The van der Waals surface area contributed by atoms with E-state index in [1.807, 2.05) is 0 Å². The Kier molecular flexibility index (Phi) is 4.43. The maximum Gasteiger partial charge on any atom is 0.251 e. The molecule has 0 aromatic heterocycles. The van der Waals surface area contributed by atoms with Crippen molar-refractivity contribution >= 4 is 23.4 Å². The molecule has 0 aliphatic heterocycles. The minimum atomic E-state index is -0.161. The highest BCUT2D eigenvalue weighted by molar-refractivity contribution is 6.30. The number of halogens is 1. The van der Waals surface area contributed by atoms with Gasteiger partial charge in [0, 0.05) is 29.6 Å². The van der Waals surface area contributed by atoms with Crippen molar-refractivity contribution in [3.05, 3.63) is 34.9 Å². The zero-order valence-electron chi connectivity index (χ0n) is 10.8. The molecular weight excluding hydrogens is 264 g/mol. The van der Waals surface area contributed by atoms with Gasteiger partial charge in [-0.15, -0.1) is 0 Å². The van der Waals surface area contributed by atoms with E-state index < -0.39 is 0 Å². The summed E-state index contributed by atoms with van der Waals surface area (Å²) in [5, 5.41) is 6.16. The van der Waals surface area contributed by atoms with Crippen molar-refractivity contribution in [3.63, 3.8) is 0 Å². The standard InChI is InChI=1S/C14H17ClN2O2/c1-9-8-12(9)14(19)17-7-6-16-13(18)10-2-4-11(15)5-3-10/h2-5,9,12H,6-8H2,1H3,(H,16,18)(H,17,19)/t9-,12+/m1/s1. The highest BCUT2D eigenvalue weighted by Crippen LogP contribution is 2.37. The van der Waals surface area contributed by atoms with E-state index in [1.54, 1.807) is 24.3 Å². The van der Waals surface area contributed by atoms with Crippen LogP contribution in [-0.2, 0) is 4.79 Å². The number of hydrogen-bond acceptors (Lipinski definition) is 2. The number of carbonyl (C=O) groups excluding carboxylic acids is 2. The van der Waals surface area contributed by atoms with E-state index in [4.69, 9.17) is 11.6 Å². The molecule has 1 fully saturated rings. The van der Waals surface area contributed by atoms with Gasteiger partial charge >= 0.3 is 0 Å². The SMILES string of the molecule is C[C@@H]1C[C@@H]1C(=O)NCCNC(=O)c1ccc(Cl)cc1. The molecular formula is C14H17ClN2O2. The minimum Gasteiger partial charge on any atom is -0.354 e. The fourth-order valence-electron chi connectivity index (χ4n) is 1.88. The number of nitrogens with one attached hydrogen (secondary N) is 2. The first-order valence-corrected chi connectivity index (χ1v) is 6.77. The molecule has 2 N–H and O–H groups in total. The molecule has 0 saturated heterocycles. The second-order valence-corrected chi connectivity index (χ2v) is 5.31. The number of benzene rings is 1. The van der Waals surface area contributed by atoms with Crippen molar-refractivity contribution in [3.8, 4) is 0 Å². The monoisotopic (exact) mass is 280 g/mol. The van der Waals surface area contributed by atoms with Gasteiger partial charge in [-0.25, -0.2) is 0 Å². The fraction of sp³-hybridized carbons (Fsp3) is 0.429. The summed E-state index contributed by atoms with van der Waals surface area (Å²) in [4.78, 5) is 23.3. The summed E-state index contributed by atoms with van der Waals surface area (Å²) in [7, 11) is 0. The van der Waals surface area contributed by atoms with Gasteiger partial charge in [-0.1, -0.05) is 18.5 Å². The Morgan fingerprint density at radius 3 is 2.37 bits per heavy atom. The number of amides is 2. The van der Waals surface area contributed by atoms with E-state index >= 15 is 0 Å². The van der Waals surface area contributed by atoms with E-state index in [0.717, 1.165) is 6.42 Å². The van der Waals surface area contributed by atoms with E-state index in [0.29, 0.717) is 29.6 Å². The molecule has 0 spiro atoms. The predicted octanol–water partition coefficient (Wildman–Crippen LogP) is 1.84. The van der Waals surface area contributed by atoms with Crippen LogP contribution >= 0.6 is 11.6 Å². The third-order valence-electron chi connectivity index (χ3n) is 3.26. The maximum absolute atomic E-state index is 11.7. The zero-order valence-corrected chi connectivity index (χ0v) is 11.5. The second-order valence-electron chi connectivity index (χ2n) is 4.87. The Hall–Kier alpha value is -1.55. The molecule has 19 heavy (non-hydrogen) atoms. The first kappa shape index (κ1) is 13.9. The quantitative estimate of drug-likeness (QED) is 0.809. The van der Waals surface area contributed by atoms with Crippen LogP contribution in [0.4, 0.5) is 0 Å². The molecule has 1 aliphatic carbocycles. The molecule has 1 aliphatic rings. The predicted molar refractivity (Wildman–Crippen MR) is 74.1 cm³/mol. The average molecular weight is 281 g/mol. The number of rotatable bonds is 5. The highest BCUT2D eigenvalue weighted by Gasteiger charge is 2.38. The highest BCUT2D eigenvalue weighted by atomic mass is 35.5. The first-order valence-electron chi connectivity index (χ1n) is 6.39. The molecule has 0 heterocycles. The van der Waals surface area contributed by atoms with Crippen LogP contribution in [0.15, 0.2) is 24.3 Å². The van der Waals surface area contributed by atoms with Crippen LogP contribution in [0.5, 0.6) is 0 Å². The summed E-state index contributed by atoms with van der Waals surface area (Å²) in [6, 6.07) is 6.68. The van der Waals surface area contributed by atoms with E-state index in [2.05, 4.69) is 17.6 Å². The van der Waals surface area contributed by atoms with Crippen LogP contribution in [0.1, 0.15) is 23.7 Å². The van der Waals surface area contributed by atoms with Gasteiger partial charge in [0.15, 0.2) is 0 Å². The van der Waals surface area contributed by atoms with Crippen LogP contribution in [0.3, 0.4) is 0 Å². The van der Waals surface area contributed by atoms with Crippen molar-refractivity contribution < 1.29 is 9.59 Å². The zero-order chi connectivity index (χ0) is 13.8. The van der Waals surface area contributed by atoms with Crippen LogP contribution in [0.2, 0.25) is 5.02 Å². The maximum atomic E-state index is 11.7. The van der Waals surface area contributed by atoms with Gasteiger partial charge in [0.2, 0.25) is 5.91 Å². The van der Waals surface area contributed by atoms with Gasteiger partial charge in [-0.3, -0.25) is 9.59 Å². The largest absolute Gasteiger partial charge is 0.354 e. The van der Waals surface area contributed by atoms with E-state index in [-0.39, 0.29) is 17.7 Å². The van der Waals surface area contributed by atoms with Crippen molar-refractivity contribution in [1.29, 1.82) is 0 Å². The molecule has 102 valence electrons. The molecule has 0 bridgehead atoms. The van der Waals surface area contributed by atoms with Crippen molar-refractivity contribution in [1.82, 2.24) is 10.6 Å². The van der Waals surface area contributed by atoms with E-state index in [9.17, 15) is 9.59 Å². The summed E-state index contributed by atoms with van der Waals surface area (Å²) in [6.45, 7) is 2.95. The summed E-state index contributed by atoms with van der Waals surface area (Å²) in [6.07, 6.45) is 0.975.